The van der Waals surface area contributed by atoms with Crippen molar-refractivity contribution in [3.8, 4) is 0 Å². The summed E-state index contributed by atoms with van der Waals surface area (Å²) < 4.78 is 1.02. The number of hydrogen-bond donors (Lipinski definition) is 1. The number of hydrogen-bond acceptors (Lipinski definition) is 3. The first kappa shape index (κ1) is 11.3. The Morgan fingerprint density at radius 3 is 2.94 bits per heavy atom. The lowest BCUT2D eigenvalue weighted by Gasteiger charge is -2.07. The number of thiazole rings is 1. The first-order valence-corrected chi connectivity index (χ1v) is 6.55. The third-order valence-corrected chi connectivity index (χ3v) is 3.87. The van der Waals surface area contributed by atoms with Crippen LogP contribution in [-0.2, 0) is 6.42 Å². The number of H-pyrrole nitrogens is 1. The Morgan fingerprint density at radius 1 is 1.56 bits per heavy atom. The second kappa shape index (κ2) is 4.37. The Kier molecular flexibility index (Phi) is 3.10. The van der Waals surface area contributed by atoms with Crippen LogP contribution in [0.2, 0.25) is 0 Å². The second-order valence-electron chi connectivity index (χ2n) is 4.04. The summed E-state index contributed by atoms with van der Waals surface area (Å²) in [6.45, 7) is 6.09. The van der Waals surface area contributed by atoms with Crippen LogP contribution >= 0.6 is 11.3 Å². The maximum absolute atomic E-state index is 12.3. The van der Waals surface area contributed by atoms with Gasteiger partial charge in [0.05, 0.1) is 15.8 Å². The van der Waals surface area contributed by atoms with Crippen molar-refractivity contribution in [2.45, 2.75) is 33.6 Å². The van der Waals surface area contributed by atoms with E-state index in [1.807, 2.05) is 13.8 Å². The number of carbonyl (C=O) groups excluding carboxylic acids is 1. The highest BCUT2D eigenvalue weighted by molar-refractivity contribution is 7.17. The first-order valence-electron chi connectivity index (χ1n) is 5.67. The van der Waals surface area contributed by atoms with E-state index in [0.29, 0.717) is 0 Å². The number of carbonyl (C=O) groups is 1. The van der Waals surface area contributed by atoms with Gasteiger partial charge in [0, 0.05) is 11.6 Å². The van der Waals surface area contributed by atoms with Crippen molar-refractivity contribution in [2.75, 3.05) is 0 Å². The molecule has 3 nitrogen and oxygen atoms in total. The molecule has 0 spiro atoms. The molecule has 1 unspecified atom stereocenters. The number of aryl methyl sites for hydroxylation is 1. The molecule has 0 bridgehead atoms. The summed E-state index contributed by atoms with van der Waals surface area (Å²) in [5.41, 5.74) is 4.54. The molecule has 0 saturated heterocycles. The van der Waals surface area contributed by atoms with Gasteiger partial charge in [0.2, 0.25) is 0 Å². The number of nitrogens with one attached hydrogen (secondary N) is 1. The van der Waals surface area contributed by atoms with Gasteiger partial charge in [-0.3, -0.25) is 4.79 Å². The standard InChI is InChI=1S/C12H16N2OS/c1-4-7(3)10(15)9-8(5-2)14-12-11(9)16-6-13-12/h6-7,14H,4-5H2,1-3H3. The van der Waals surface area contributed by atoms with Crippen LogP contribution in [0.1, 0.15) is 43.2 Å². The number of aromatic amines is 1. The van der Waals surface area contributed by atoms with E-state index in [0.717, 1.165) is 34.4 Å². The summed E-state index contributed by atoms with van der Waals surface area (Å²) in [7, 11) is 0. The largest absolute Gasteiger partial charge is 0.342 e. The molecule has 1 N–H and O–H groups in total. The molecule has 0 saturated carbocycles. The fourth-order valence-electron chi connectivity index (χ4n) is 1.81. The predicted molar refractivity (Wildman–Crippen MR) is 67.1 cm³/mol. The molecule has 0 amide bonds. The zero-order valence-electron chi connectivity index (χ0n) is 9.83. The molecular weight excluding hydrogens is 220 g/mol. The molecule has 2 aromatic rings. The lowest BCUT2D eigenvalue weighted by atomic mass is 9.96. The molecule has 16 heavy (non-hydrogen) atoms. The van der Waals surface area contributed by atoms with Crippen LogP contribution in [0, 0.1) is 5.92 Å². The first-order chi connectivity index (χ1) is 7.69. The van der Waals surface area contributed by atoms with Gasteiger partial charge in [0.1, 0.15) is 5.65 Å². The highest BCUT2D eigenvalue weighted by Gasteiger charge is 2.22. The van der Waals surface area contributed by atoms with Crippen LogP contribution in [0.15, 0.2) is 5.51 Å². The zero-order chi connectivity index (χ0) is 11.7. The minimum atomic E-state index is 0.0893. The fraction of sp³-hybridized carbons (Fsp3) is 0.500. The summed E-state index contributed by atoms with van der Waals surface area (Å²) in [4.78, 5) is 19.7. The van der Waals surface area contributed by atoms with Crippen molar-refractivity contribution < 1.29 is 4.79 Å². The summed E-state index contributed by atoms with van der Waals surface area (Å²) in [5, 5.41) is 0. The van der Waals surface area contributed by atoms with Gasteiger partial charge < -0.3 is 4.98 Å². The van der Waals surface area contributed by atoms with Gasteiger partial charge in [0.25, 0.3) is 0 Å². The molecule has 2 aromatic heterocycles. The average molecular weight is 236 g/mol. The summed E-state index contributed by atoms with van der Waals surface area (Å²) >= 11 is 1.54. The van der Waals surface area contributed by atoms with E-state index in [9.17, 15) is 4.79 Å². The minimum Gasteiger partial charge on any atom is -0.342 e. The normalized spacial score (nSPS) is 13.2. The Bertz CT molecular complexity index is 512. The molecule has 0 aliphatic carbocycles. The molecule has 86 valence electrons. The smallest absolute Gasteiger partial charge is 0.168 e. The number of aromatic nitrogens is 2. The minimum absolute atomic E-state index is 0.0893. The van der Waals surface area contributed by atoms with Gasteiger partial charge in [0.15, 0.2) is 5.78 Å². The Hall–Kier alpha value is -1.16. The summed E-state index contributed by atoms with van der Waals surface area (Å²) in [6.07, 6.45) is 1.73. The molecule has 0 aliphatic rings. The fourth-order valence-corrected chi connectivity index (χ4v) is 2.63. The number of Topliss-reactive ketones (excluding diaryl/α,β-unsaturated/α-hetero) is 1. The highest BCUT2D eigenvalue weighted by atomic mass is 32.1. The summed E-state index contributed by atoms with van der Waals surface area (Å²) in [5.74, 6) is 0.334. The van der Waals surface area contributed by atoms with Crippen molar-refractivity contribution in [3.63, 3.8) is 0 Å². The van der Waals surface area contributed by atoms with Crippen molar-refractivity contribution in [1.29, 1.82) is 0 Å². The lowest BCUT2D eigenvalue weighted by molar-refractivity contribution is 0.0928. The zero-order valence-corrected chi connectivity index (χ0v) is 10.6. The van der Waals surface area contributed by atoms with E-state index in [1.165, 1.54) is 0 Å². The number of ketones is 1. The van der Waals surface area contributed by atoms with Crippen molar-refractivity contribution in [1.82, 2.24) is 9.97 Å². The van der Waals surface area contributed by atoms with Crippen molar-refractivity contribution in [2.24, 2.45) is 5.92 Å². The molecule has 0 aliphatic heterocycles. The van der Waals surface area contributed by atoms with Crippen molar-refractivity contribution >= 4 is 27.5 Å². The van der Waals surface area contributed by atoms with Crippen LogP contribution in [0.5, 0.6) is 0 Å². The molecule has 0 radical (unpaired) electrons. The van der Waals surface area contributed by atoms with E-state index in [1.54, 1.807) is 16.8 Å². The highest BCUT2D eigenvalue weighted by Crippen LogP contribution is 2.28. The van der Waals surface area contributed by atoms with Gasteiger partial charge in [-0.25, -0.2) is 4.98 Å². The Labute approximate surface area is 98.9 Å². The maximum atomic E-state index is 12.3. The van der Waals surface area contributed by atoms with E-state index < -0.39 is 0 Å². The van der Waals surface area contributed by atoms with Crippen LogP contribution in [0.4, 0.5) is 0 Å². The van der Waals surface area contributed by atoms with E-state index in [4.69, 9.17) is 0 Å². The predicted octanol–water partition coefficient (Wildman–Crippen LogP) is 3.42. The van der Waals surface area contributed by atoms with E-state index >= 15 is 0 Å². The van der Waals surface area contributed by atoms with Crippen LogP contribution in [0.3, 0.4) is 0 Å². The molecule has 0 aromatic carbocycles. The quantitative estimate of drug-likeness (QED) is 0.827. The van der Waals surface area contributed by atoms with Gasteiger partial charge in [-0.15, -0.1) is 11.3 Å². The van der Waals surface area contributed by atoms with Gasteiger partial charge in [-0.2, -0.15) is 0 Å². The third kappa shape index (κ3) is 1.67. The van der Waals surface area contributed by atoms with Gasteiger partial charge >= 0.3 is 0 Å². The second-order valence-corrected chi connectivity index (χ2v) is 4.89. The SMILES string of the molecule is CCc1[nH]c2ncsc2c1C(=O)C(C)CC. The van der Waals surface area contributed by atoms with E-state index in [-0.39, 0.29) is 11.7 Å². The molecule has 0 fully saturated rings. The summed E-state index contributed by atoms with van der Waals surface area (Å²) in [6, 6.07) is 0. The molecule has 4 heteroatoms. The lowest BCUT2D eigenvalue weighted by Crippen LogP contribution is -2.11. The van der Waals surface area contributed by atoms with Crippen molar-refractivity contribution in [3.05, 3.63) is 16.8 Å². The molecular formula is C12H16N2OS. The number of rotatable bonds is 4. The van der Waals surface area contributed by atoms with Gasteiger partial charge in [-0.05, 0) is 12.8 Å². The van der Waals surface area contributed by atoms with Crippen LogP contribution < -0.4 is 0 Å². The number of nitrogens with zero attached hydrogens (tertiary/aromatic N) is 1. The average Bonchev–Trinajstić information content (AvgIpc) is 2.85. The maximum Gasteiger partial charge on any atom is 0.168 e. The van der Waals surface area contributed by atoms with Crippen LogP contribution in [-0.4, -0.2) is 15.8 Å². The molecule has 1 atom stereocenters. The Morgan fingerprint density at radius 2 is 2.31 bits per heavy atom. The van der Waals surface area contributed by atoms with Crippen LogP contribution in [0.25, 0.3) is 10.3 Å². The third-order valence-electron chi connectivity index (χ3n) is 3.03. The van der Waals surface area contributed by atoms with Gasteiger partial charge in [-0.1, -0.05) is 20.8 Å². The molecule has 2 rings (SSSR count). The van der Waals surface area contributed by atoms with E-state index in [2.05, 4.69) is 16.9 Å². The number of fused-ring (bicyclic) bond motifs is 1. The monoisotopic (exact) mass is 236 g/mol. The molecule has 2 heterocycles. The topological polar surface area (TPSA) is 45.8 Å². The Balaban J connectivity index is 2.55.